The van der Waals surface area contributed by atoms with Crippen molar-refractivity contribution in [1.29, 1.82) is 0 Å². The highest BCUT2D eigenvalue weighted by Crippen LogP contribution is 2.31. The molecule has 0 aromatic carbocycles. The van der Waals surface area contributed by atoms with Gasteiger partial charge in [0.05, 0.1) is 12.3 Å². The Balaban J connectivity index is 1.62. The number of likely N-dealkylation sites (tertiary alicyclic amines) is 1. The lowest BCUT2D eigenvalue weighted by Gasteiger charge is -2.36. The van der Waals surface area contributed by atoms with Crippen molar-refractivity contribution in [3.63, 3.8) is 0 Å². The number of furan rings is 1. The molecule has 1 aromatic heterocycles. The molecule has 0 bridgehead atoms. The largest absolute Gasteiger partial charge is 0.468 e. The Hall–Kier alpha value is -0.800. The molecule has 2 aliphatic rings. The van der Waals surface area contributed by atoms with Gasteiger partial charge in [0.25, 0.3) is 0 Å². The normalized spacial score (nSPS) is 32.4. The van der Waals surface area contributed by atoms with Crippen molar-refractivity contribution in [1.82, 2.24) is 10.2 Å². The molecule has 4 unspecified atom stereocenters. The predicted octanol–water partition coefficient (Wildman–Crippen LogP) is 3.83. The molecule has 4 atom stereocenters. The van der Waals surface area contributed by atoms with E-state index < -0.39 is 0 Å². The van der Waals surface area contributed by atoms with E-state index in [2.05, 4.69) is 30.1 Å². The van der Waals surface area contributed by atoms with E-state index in [-0.39, 0.29) is 0 Å². The van der Waals surface area contributed by atoms with Gasteiger partial charge in [-0.05, 0) is 56.3 Å². The molecular weight excluding hydrogens is 260 g/mol. The fraction of sp³-hybridized carbons (Fsp3) is 0.778. The first-order valence-corrected chi connectivity index (χ1v) is 8.76. The van der Waals surface area contributed by atoms with Gasteiger partial charge < -0.3 is 9.73 Å². The second-order valence-corrected chi connectivity index (χ2v) is 7.06. The van der Waals surface area contributed by atoms with Crippen LogP contribution in [0.3, 0.4) is 0 Å². The van der Waals surface area contributed by atoms with E-state index in [1.165, 1.54) is 45.2 Å². The summed E-state index contributed by atoms with van der Waals surface area (Å²) in [4.78, 5) is 2.59. The van der Waals surface area contributed by atoms with Gasteiger partial charge in [0.2, 0.25) is 0 Å². The molecule has 1 saturated carbocycles. The lowest BCUT2D eigenvalue weighted by atomic mass is 9.78. The minimum atomic E-state index is 0.409. The highest BCUT2D eigenvalue weighted by molar-refractivity contribution is 5.06. The maximum atomic E-state index is 5.71. The van der Waals surface area contributed by atoms with Crippen LogP contribution in [-0.4, -0.2) is 30.6 Å². The van der Waals surface area contributed by atoms with Crippen LogP contribution in [0.4, 0.5) is 0 Å². The van der Waals surface area contributed by atoms with Crippen LogP contribution in [0, 0.1) is 11.8 Å². The molecule has 1 saturated heterocycles. The molecule has 2 heterocycles. The third-order valence-electron chi connectivity index (χ3n) is 5.73. The number of nitrogens with one attached hydrogen (secondary N) is 1. The molecule has 0 radical (unpaired) electrons. The standard InChI is InChI=1S/C18H30N2O/c1-14-7-5-8-16(15(14)2)19-13-17(18-9-6-12-21-18)20-10-3-4-11-20/h6,9,12,14-17,19H,3-5,7-8,10-11,13H2,1-2H3. The minimum absolute atomic E-state index is 0.409. The third kappa shape index (κ3) is 3.51. The highest BCUT2D eigenvalue weighted by Gasteiger charge is 2.30. The van der Waals surface area contributed by atoms with Crippen molar-refractivity contribution in [2.24, 2.45) is 11.8 Å². The first-order chi connectivity index (χ1) is 10.3. The fourth-order valence-electron chi connectivity index (χ4n) is 4.08. The van der Waals surface area contributed by atoms with Gasteiger partial charge in [-0.1, -0.05) is 26.7 Å². The number of hydrogen-bond acceptors (Lipinski definition) is 3. The summed E-state index contributed by atoms with van der Waals surface area (Å²) in [7, 11) is 0. The molecule has 1 aliphatic carbocycles. The Labute approximate surface area is 129 Å². The first kappa shape index (κ1) is 15.1. The molecule has 0 spiro atoms. The van der Waals surface area contributed by atoms with E-state index in [1.54, 1.807) is 0 Å². The smallest absolute Gasteiger partial charge is 0.122 e. The zero-order valence-corrected chi connectivity index (χ0v) is 13.6. The zero-order chi connectivity index (χ0) is 14.7. The van der Waals surface area contributed by atoms with Gasteiger partial charge in [-0.25, -0.2) is 0 Å². The van der Waals surface area contributed by atoms with Gasteiger partial charge >= 0.3 is 0 Å². The summed E-state index contributed by atoms with van der Waals surface area (Å²) in [5, 5.41) is 3.87. The number of hydrogen-bond donors (Lipinski definition) is 1. The van der Waals surface area contributed by atoms with Crippen molar-refractivity contribution in [3.8, 4) is 0 Å². The molecule has 21 heavy (non-hydrogen) atoms. The lowest BCUT2D eigenvalue weighted by Crippen LogP contribution is -2.44. The average molecular weight is 290 g/mol. The Kier molecular flexibility index (Phi) is 5.02. The third-order valence-corrected chi connectivity index (χ3v) is 5.73. The summed E-state index contributed by atoms with van der Waals surface area (Å²) in [6.07, 6.45) is 8.56. The average Bonchev–Trinajstić information content (AvgIpc) is 3.17. The van der Waals surface area contributed by atoms with Crippen molar-refractivity contribution in [2.45, 2.75) is 58.0 Å². The van der Waals surface area contributed by atoms with Gasteiger partial charge in [0.1, 0.15) is 5.76 Å². The maximum absolute atomic E-state index is 5.71. The summed E-state index contributed by atoms with van der Waals surface area (Å²) >= 11 is 0. The topological polar surface area (TPSA) is 28.4 Å². The molecule has 118 valence electrons. The second kappa shape index (κ2) is 6.97. The van der Waals surface area contributed by atoms with Crippen molar-refractivity contribution >= 4 is 0 Å². The Bertz CT molecular complexity index is 411. The van der Waals surface area contributed by atoms with Crippen molar-refractivity contribution < 1.29 is 4.42 Å². The monoisotopic (exact) mass is 290 g/mol. The minimum Gasteiger partial charge on any atom is -0.468 e. The Morgan fingerprint density at radius 3 is 2.76 bits per heavy atom. The van der Waals surface area contributed by atoms with Crippen LogP contribution < -0.4 is 5.32 Å². The van der Waals surface area contributed by atoms with E-state index in [9.17, 15) is 0 Å². The number of nitrogens with zero attached hydrogens (tertiary/aromatic N) is 1. The van der Waals surface area contributed by atoms with E-state index in [4.69, 9.17) is 4.42 Å². The van der Waals surface area contributed by atoms with Gasteiger partial charge in [-0.15, -0.1) is 0 Å². The Morgan fingerprint density at radius 1 is 1.24 bits per heavy atom. The van der Waals surface area contributed by atoms with Crippen molar-refractivity contribution in [2.75, 3.05) is 19.6 Å². The van der Waals surface area contributed by atoms with Crippen molar-refractivity contribution in [3.05, 3.63) is 24.2 Å². The zero-order valence-electron chi connectivity index (χ0n) is 13.6. The quantitative estimate of drug-likeness (QED) is 0.893. The first-order valence-electron chi connectivity index (χ1n) is 8.76. The van der Waals surface area contributed by atoms with Crippen LogP contribution in [0.1, 0.15) is 57.8 Å². The van der Waals surface area contributed by atoms with Crippen LogP contribution in [-0.2, 0) is 0 Å². The summed E-state index contributed by atoms with van der Waals surface area (Å²) in [5.41, 5.74) is 0. The van der Waals surface area contributed by atoms with Gasteiger partial charge in [-0.2, -0.15) is 0 Å². The van der Waals surface area contributed by atoms with E-state index in [1.807, 2.05) is 12.3 Å². The van der Waals surface area contributed by atoms with Crippen LogP contribution in [0.15, 0.2) is 22.8 Å². The van der Waals surface area contributed by atoms with Crippen LogP contribution in [0.25, 0.3) is 0 Å². The summed E-state index contributed by atoms with van der Waals surface area (Å²) in [5.74, 6) is 2.76. The Morgan fingerprint density at radius 2 is 2.05 bits per heavy atom. The molecule has 3 nitrogen and oxygen atoms in total. The molecule has 3 rings (SSSR count). The molecule has 1 aromatic rings. The SMILES string of the molecule is CC1CCCC(NCC(c2ccco2)N2CCCC2)C1C. The van der Waals surface area contributed by atoms with E-state index in [0.717, 1.165) is 24.1 Å². The molecule has 1 aliphatic heterocycles. The molecule has 0 amide bonds. The molecule has 1 N–H and O–H groups in total. The van der Waals surface area contributed by atoms with Gasteiger partial charge in [0, 0.05) is 12.6 Å². The lowest BCUT2D eigenvalue weighted by molar-refractivity contribution is 0.168. The summed E-state index contributed by atoms with van der Waals surface area (Å²) < 4.78 is 5.71. The van der Waals surface area contributed by atoms with Gasteiger partial charge in [-0.3, -0.25) is 4.90 Å². The van der Waals surface area contributed by atoms with E-state index in [0.29, 0.717) is 12.1 Å². The van der Waals surface area contributed by atoms with Crippen LogP contribution >= 0.6 is 0 Å². The van der Waals surface area contributed by atoms with E-state index >= 15 is 0 Å². The highest BCUT2D eigenvalue weighted by atomic mass is 16.3. The summed E-state index contributed by atoms with van der Waals surface area (Å²) in [6, 6.07) is 5.24. The molecule has 3 heteroatoms. The molecular formula is C18H30N2O. The second-order valence-electron chi connectivity index (χ2n) is 7.06. The van der Waals surface area contributed by atoms with Gasteiger partial charge in [0.15, 0.2) is 0 Å². The maximum Gasteiger partial charge on any atom is 0.122 e. The number of rotatable bonds is 5. The van der Waals surface area contributed by atoms with Crippen LogP contribution in [0.2, 0.25) is 0 Å². The summed E-state index contributed by atoms with van der Waals surface area (Å²) in [6.45, 7) is 8.27. The molecule has 2 fully saturated rings. The fourth-order valence-corrected chi connectivity index (χ4v) is 4.08. The van der Waals surface area contributed by atoms with Crippen LogP contribution in [0.5, 0.6) is 0 Å². The predicted molar refractivity (Wildman–Crippen MR) is 86.2 cm³/mol.